The van der Waals surface area contributed by atoms with E-state index in [0.29, 0.717) is 133 Å². The Kier molecular flexibility index (Phi) is 22.4. The number of nitrogens with one attached hydrogen (secondary N) is 1. The molecule has 0 fully saturated rings. The molecule has 2 aromatic carbocycles. The standard InChI is InChI=1S/C35H53N4O10/c1-42-21-25-46-17-13-38(14-18-47-26-22-43-2)34(40)31-9-5-29(6-10-31)33(37-36)30-7-11-32(12-8-30)35(41)39(15-19-48-27-23-44-3)16-20-49-28-24-45-4/h5-12,36H,13-28H2,1-4H3/q+1. The lowest BCUT2D eigenvalue weighted by atomic mass is 9.99. The Bertz CT molecular complexity index is 1120. The molecule has 2 amide bonds. The van der Waals surface area contributed by atoms with Gasteiger partial charge in [0.05, 0.1) is 101 Å². The minimum atomic E-state index is -0.165. The lowest BCUT2D eigenvalue weighted by Crippen LogP contribution is -2.37. The van der Waals surface area contributed by atoms with Crippen LogP contribution in [0.3, 0.4) is 0 Å². The summed E-state index contributed by atoms with van der Waals surface area (Å²) >= 11 is 0. The third-order valence-electron chi connectivity index (χ3n) is 7.25. The number of methoxy groups -OCH3 is 4. The van der Waals surface area contributed by atoms with Gasteiger partial charge in [-0.05, 0) is 48.5 Å². The predicted octanol–water partition coefficient (Wildman–Crippen LogP) is 2.30. The van der Waals surface area contributed by atoms with E-state index in [-0.39, 0.29) is 11.8 Å². The molecule has 2 aromatic rings. The first-order valence-electron chi connectivity index (χ1n) is 16.3. The summed E-state index contributed by atoms with van der Waals surface area (Å²) in [4.78, 5) is 34.0. The maximum absolute atomic E-state index is 13.4. The number of benzene rings is 2. The van der Waals surface area contributed by atoms with Gasteiger partial charge in [-0.25, -0.2) is 0 Å². The van der Waals surface area contributed by atoms with Crippen LogP contribution in [-0.4, -0.2) is 166 Å². The average molecular weight is 690 g/mol. The van der Waals surface area contributed by atoms with Gasteiger partial charge in [0.15, 0.2) is 0 Å². The van der Waals surface area contributed by atoms with Crippen molar-refractivity contribution in [3.05, 3.63) is 70.8 Å². The van der Waals surface area contributed by atoms with Crippen LogP contribution in [0.1, 0.15) is 31.8 Å². The molecule has 2 rings (SSSR count). The third-order valence-corrected chi connectivity index (χ3v) is 7.25. The number of nitrogens with zero attached hydrogens (tertiary/aromatic N) is 3. The molecule has 14 heteroatoms. The summed E-state index contributed by atoms with van der Waals surface area (Å²) in [6.45, 7) is 6.67. The Balaban J connectivity index is 2.10. The molecule has 0 aromatic heterocycles. The van der Waals surface area contributed by atoms with Crippen molar-refractivity contribution in [3.63, 3.8) is 0 Å². The highest BCUT2D eigenvalue weighted by Gasteiger charge is 2.22. The van der Waals surface area contributed by atoms with Crippen LogP contribution in [0.4, 0.5) is 0 Å². The molecule has 0 radical (unpaired) electrons. The zero-order chi connectivity index (χ0) is 35.5. The molecule has 0 atom stereocenters. The summed E-state index contributed by atoms with van der Waals surface area (Å²) in [5, 5.41) is 0. The first kappa shape index (κ1) is 41.6. The Labute approximate surface area is 289 Å². The van der Waals surface area contributed by atoms with Gasteiger partial charge in [-0.3, -0.25) is 9.59 Å². The van der Waals surface area contributed by atoms with Gasteiger partial charge in [0.25, 0.3) is 11.8 Å². The molecule has 14 nitrogen and oxygen atoms in total. The van der Waals surface area contributed by atoms with E-state index in [2.05, 4.69) is 4.79 Å². The lowest BCUT2D eigenvalue weighted by molar-refractivity contribution is -0.117. The molecule has 0 spiro atoms. The average Bonchev–Trinajstić information content (AvgIpc) is 3.13. The van der Waals surface area contributed by atoms with E-state index in [9.17, 15) is 9.59 Å². The van der Waals surface area contributed by atoms with Crippen LogP contribution in [0, 0.1) is 5.53 Å². The largest absolute Gasteiger partial charge is 0.382 e. The van der Waals surface area contributed by atoms with Gasteiger partial charge in [-0.2, -0.15) is 0 Å². The van der Waals surface area contributed by atoms with Crippen LogP contribution in [-0.2, 0) is 37.9 Å². The predicted molar refractivity (Wildman–Crippen MR) is 182 cm³/mol. The van der Waals surface area contributed by atoms with Crippen LogP contribution >= 0.6 is 0 Å². The normalized spacial score (nSPS) is 10.9. The molecule has 0 bridgehead atoms. The highest BCUT2D eigenvalue weighted by atomic mass is 16.5. The van der Waals surface area contributed by atoms with Crippen LogP contribution in [0.15, 0.2) is 48.5 Å². The molecule has 1 N–H and O–H groups in total. The maximum Gasteiger partial charge on any atom is 0.379 e. The van der Waals surface area contributed by atoms with Gasteiger partial charge in [0.2, 0.25) is 0 Å². The zero-order valence-electron chi connectivity index (χ0n) is 29.4. The molecule has 272 valence electrons. The lowest BCUT2D eigenvalue weighted by Gasteiger charge is -2.23. The minimum absolute atomic E-state index is 0.165. The Morgan fingerprint density at radius 1 is 0.469 bits per heavy atom. The highest BCUT2D eigenvalue weighted by molar-refractivity contribution is 6.10. The number of carbonyl (C=O) groups is 2. The number of ether oxygens (including phenoxy) is 8. The fourth-order valence-electron chi connectivity index (χ4n) is 4.51. The Morgan fingerprint density at radius 2 is 0.735 bits per heavy atom. The van der Waals surface area contributed by atoms with E-state index in [1.54, 1.807) is 86.8 Å². The second kappa shape index (κ2) is 26.3. The van der Waals surface area contributed by atoms with Crippen molar-refractivity contribution in [3.8, 4) is 0 Å². The van der Waals surface area contributed by atoms with Crippen LogP contribution in [0.25, 0.3) is 0 Å². The van der Waals surface area contributed by atoms with Crippen molar-refractivity contribution in [1.82, 2.24) is 9.80 Å². The minimum Gasteiger partial charge on any atom is -0.382 e. The second-order valence-corrected chi connectivity index (χ2v) is 10.6. The monoisotopic (exact) mass is 689 g/mol. The summed E-state index contributed by atoms with van der Waals surface area (Å²) in [5.41, 5.74) is 10.6. The fourth-order valence-corrected chi connectivity index (χ4v) is 4.51. The topological polar surface area (TPSA) is 152 Å². The quantitative estimate of drug-likeness (QED) is 0.0610. The van der Waals surface area contributed by atoms with Gasteiger partial charge in [0, 0.05) is 65.7 Å². The highest BCUT2D eigenvalue weighted by Crippen LogP contribution is 2.15. The van der Waals surface area contributed by atoms with Crippen LogP contribution in [0.2, 0.25) is 0 Å². The number of rotatable bonds is 28. The van der Waals surface area contributed by atoms with Crippen LogP contribution in [0.5, 0.6) is 0 Å². The molecule has 0 aliphatic carbocycles. The van der Waals surface area contributed by atoms with E-state index < -0.39 is 0 Å². The van der Waals surface area contributed by atoms with E-state index in [1.807, 2.05) is 0 Å². The molecule has 0 aliphatic heterocycles. The summed E-state index contributed by atoms with van der Waals surface area (Å²) in [7, 11) is 6.43. The first-order chi connectivity index (χ1) is 24.0. The molecule has 0 saturated heterocycles. The van der Waals surface area contributed by atoms with Gasteiger partial charge in [-0.1, -0.05) is 0 Å². The van der Waals surface area contributed by atoms with Gasteiger partial charge in [-0.15, -0.1) is 0 Å². The maximum atomic E-state index is 13.4. The molecule has 49 heavy (non-hydrogen) atoms. The molecule has 0 heterocycles. The summed E-state index contributed by atoms with van der Waals surface area (Å²) in [6, 6.07) is 13.9. The number of hydrogen-bond acceptors (Lipinski definition) is 11. The number of carbonyl (C=O) groups excluding carboxylic acids is 2. The van der Waals surface area contributed by atoms with Crippen molar-refractivity contribution in [2.45, 2.75) is 0 Å². The second-order valence-electron chi connectivity index (χ2n) is 10.6. The molecular formula is C35H53N4O10+. The summed E-state index contributed by atoms with van der Waals surface area (Å²) < 4.78 is 42.4. The number of amides is 2. The number of hydrogen-bond donors (Lipinski definition) is 1. The molecule has 0 saturated carbocycles. The summed E-state index contributed by atoms with van der Waals surface area (Å²) in [5.74, 6) is -0.329. The van der Waals surface area contributed by atoms with Gasteiger partial charge in [0.1, 0.15) is 0 Å². The first-order valence-corrected chi connectivity index (χ1v) is 16.3. The Morgan fingerprint density at radius 3 is 0.980 bits per heavy atom. The van der Waals surface area contributed by atoms with Gasteiger partial charge >= 0.3 is 5.71 Å². The molecule has 0 unspecified atom stereocenters. The fraction of sp³-hybridized carbons (Fsp3) is 0.571. The smallest absolute Gasteiger partial charge is 0.379 e. The van der Waals surface area contributed by atoms with E-state index in [1.165, 1.54) is 0 Å². The van der Waals surface area contributed by atoms with Crippen molar-refractivity contribution >= 4 is 17.5 Å². The van der Waals surface area contributed by atoms with Crippen molar-refractivity contribution in [2.24, 2.45) is 0 Å². The molecule has 0 aliphatic rings. The third kappa shape index (κ3) is 16.1. The SMILES string of the molecule is COCCOCCN(CCOCCOC)C(=O)c1ccc(C(=[N+]=N)c2ccc(C(=O)N(CCOCCOC)CCOCCOC)cc2)cc1. The van der Waals surface area contributed by atoms with E-state index in [0.717, 1.165) is 0 Å². The molecular weight excluding hydrogens is 636 g/mol. The van der Waals surface area contributed by atoms with Crippen LogP contribution < -0.4 is 0 Å². The van der Waals surface area contributed by atoms with Crippen molar-refractivity contribution in [2.75, 3.05) is 134 Å². The van der Waals surface area contributed by atoms with Crippen molar-refractivity contribution < 1.29 is 52.3 Å². The van der Waals surface area contributed by atoms with E-state index >= 15 is 0 Å². The zero-order valence-corrected chi connectivity index (χ0v) is 29.4. The summed E-state index contributed by atoms with van der Waals surface area (Å²) in [6.07, 6.45) is 0. The van der Waals surface area contributed by atoms with Crippen molar-refractivity contribution in [1.29, 1.82) is 5.53 Å². The van der Waals surface area contributed by atoms with Gasteiger partial charge < -0.3 is 47.7 Å². The Hall–Kier alpha value is -3.56. The van der Waals surface area contributed by atoms with E-state index in [4.69, 9.17) is 43.4 Å².